The Kier molecular flexibility index (Phi) is 5.14. The van der Waals surface area contributed by atoms with Crippen molar-refractivity contribution in [1.82, 2.24) is 4.90 Å². The average Bonchev–Trinajstić information content (AvgIpc) is 2.95. The number of benzene rings is 2. The van der Waals surface area contributed by atoms with Gasteiger partial charge in [0.25, 0.3) is 0 Å². The fourth-order valence-corrected chi connectivity index (χ4v) is 3.01. The molecule has 1 amide bonds. The Hall–Kier alpha value is -2.66. The van der Waals surface area contributed by atoms with Gasteiger partial charge in [0.1, 0.15) is 11.7 Å². The molecule has 1 heterocycles. The van der Waals surface area contributed by atoms with Gasteiger partial charge in [0.2, 0.25) is 5.91 Å². The molecule has 5 heteroatoms. The van der Waals surface area contributed by atoms with Crippen molar-refractivity contribution in [2.24, 2.45) is 4.99 Å². The lowest BCUT2D eigenvalue weighted by Crippen LogP contribution is -2.22. The summed E-state index contributed by atoms with van der Waals surface area (Å²) in [7, 11) is 0. The van der Waals surface area contributed by atoms with Crippen LogP contribution in [0.15, 0.2) is 47.5 Å². The van der Waals surface area contributed by atoms with E-state index in [1.165, 1.54) is 0 Å². The molecule has 130 valence electrons. The molecule has 0 saturated carbocycles. The summed E-state index contributed by atoms with van der Waals surface area (Å²) in [4.78, 5) is 18.9. The molecule has 5 nitrogen and oxygen atoms in total. The Labute approximate surface area is 148 Å². The van der Waals surface area contributed by atoms with Crippen LogP contribution in [0, 0.1) is 0 Å². The van der Waals surface area contributed by atoms with E-state index in [0.717, 1.165) is 35.6 Å². The zero-order valence-electron chi connectivity index (χ0n) is 14.6. The summed E-state index contributed by atoms with van der Waals surface area (Å²) in [5.41, 5.74) is 3.36. The van der Waals surface area contributed by atoms with Gasteiger partial charge >= 0.3 is 0 Å². The van der Waals surface area contributed by atoms with E-state index in [1.54, 1.807) is 18.3 Å². The van der Waals surface area contributed by atoms with Crippen LogP contribution >= 0.6 is 0 Å². The maximum atomic E-state index is 12.1. The summed E-state index contributed by atoms with van der Waals surface area (Å²) in [6, 6.07) is 12.9. The number of rotatable bonds is 6. The zero-order chi connectivity index (χ0) is 17.8. The van der Waals surface area contributed by atoms with Crippen LogP contribution in [0.2, 0.25) is 0 Å². The van der Waals surface area contributed by atoms with Gasteiger partial charge in [-0.05, 0) is 42.9 Å². The highest BCUT2D eigenvalue weighted by molar-refractivity contribution is 6.12. The number of nitrogens with zero attached hydrogens (tertiary/aromatic N) is 2. The number of carbonyl (C=O) groups is 1. The molecule has 0 saturated heterocycles. The summed E-state index contributed by atoms with van der Waals surface area (Å²) >= 11 is 0. The van der Waals surface area contributed by atoms with Gasteiger partial charge in [-0.3, -0.25) is 14.7 Å². The van der Waals surface area contributed by atoms with E-state index in [2.05, 4.69) is 29.1 Å². The molecule has 0 spiro atoms. The summed E-state index contributed by atoms with van der Waals surface area (Å²) < 4.78 is 0. The van der Waals surface area contributed by atoms with E-state index < -0.39 is 0 Å². The molecule has 2 aromatic carbocycles. The van der Waals surface area contributed by atoms with Crippen molar-refractivity contribution in [3.05, 3.63) is 53.6 Å². The smallest absolute Gasteiger partial charge is 0.237 e. The molecular formula is C20H23N3O2. The Morgan fingerprint density at radius 2 is 1.96 bits per heavy atom. The quantitative estimate of drug-likeness (QED) is 0.791. The Balaban J connectivity index is 1.81. The minimum absolute atomic E-state index is 0.0629. The van der Waals surface area contributed by atoms with Gasteiger partial charge < -0.3 is 10.4 Å². The predicted octanol–water partition coefficient (Wildman–Crippen LogP) is 3.67. The van der Waals surface area contributed by atoms with Crippen LogP contribution in [0.3, 0.4) is 0 Å². The molecule has 1 atom stereocenters. The summed E-state index contributed by atoms with van der Waals surface area (Å²) in [6.07, 6.45) is 1.68. The Morgan fingerprint density at radius 3 is 2.72 bits per heavy atom. The zero-order valence-corrected chi connectivity index (χ0v) is 14.6. The van der Waals surface area contributed by atoms with Gasteiger partial charge in [-0.25, -0.2) is 0 Å². The second kappa shape index (κ2) is 7.49. The molecule has 1 aliphatic rings. The molecular weight excluding hydrogens is 314 g/mol. The number of aromatic hydroxyl groups is 1. The highest BCUT2D eigenvalue weighted by Crippen LogP contribution is 2.32. The number of para-hydroxylation sites is 1. The number of hydrogen-bond acceptors (Lipinski definition) is 4. The van der Waals surface area contributed by atoms with Crippen molar-refractivity contribution in [3.63, 3.8) is 0 Å². The van der Waals surface area contributed by atoms with E-state index in [1.807, 2.05) is 30.3 Å². The molecule has 0 radical (unpaired) electrons. The minimum atomic E-state index is -0.378. The van der Waals surface area contributed by atoms with Gasteiger partial charge in [-0.2, -0.15) is 0 Å². The van der Waals surface area contributed by atoms with Crippen LogP contribution in [-0.4, -0.2) is 35.2 Å². The molecule has 1 unspecified atom stereocenters. The third-order valence-corrected chi connectivity index (χ3v) is 4.56. The number of anilines is 1. The summed E-state index contributed by atoms with van der Waals surface area (Å²) in [5, 5.41) is 13.0. The van der Waals surface area contributed by atoms with Gasteiger partial charge in [0.05, 0.1) is 5.69 Å². The lowest BCUT2D eigenvalue weighted by molar-refractivity contribution is -0.115. The van der Waals surface area contributed by atoms with Crippen molar-refractivity contribution < 1.29 is 9.90 Å². The normalized spacial score (nSPS) is 16.4. The number of nitrogens with one attached hydrogen (secondary N) is 1. The van der Waals surface area contributed by atoms with Crippen molar-refractivity contribution in [1.29, 1.82) is 0 Å². The van der Waals surface area contributed by atoms with E-state index in [-0.39, 0.29) is 17.6 Å². The van der Waals surface area contributed by atoms with Gasteiger partial charge in [0, 0.05) is 24.0 Å². The molecule has 0 bridgehead atoms. The fraction of sp³-hybridized carbons (Fsp3) is 0.300. The minimum Gasteiger partial charge on any atom is -0.508 e. The molecule has 1 aliphatic heterocycles. The lowest BCUT2D eigenvalue weighted by atomic mass is 10.0. The molecule has 0 aliphatic carbocycles. The Bertz CT molecular complexity index is 797. The number of amides is 1. The van der Waals surface area contributed by atoms with Crippen LogP contribution in [0.5, 0.6) is 5.75 Å². The number of carbonyl (C=O) groups excluding carboxylic acids is 1. The molecule has 0 fully saturated rings. The number of aliphatic imine (C=N–C) groups is 1. The third-order valence-electron chi connectivity index (χ3n) is 4.56. The molecule has 0 aromatic heterocycles. The first-order valence-electron chi connectivity index (χ1n) is 8.60. The maximum absolute atomic E-state index is 12.1. The van der Waals surface area contributed by atoms with E-state index in [4.69, 9.17) is 0 Å². The first kappa shape index (κ1) is 17.2. The van der Waals surface area contributed by atoms with Crippen LogP contribution < -0.4 is 5.32 Å². The standard InChI is InChI=1S/C20H23N3O2/c1-3-23(4-2)13-14-11-15(9-10-19(14)24)21-12-17-16-7-5-6-8-18(16)22-20(17)25/h5-12,17,24H,3-4,13H2,1-2H3,(H,22,25). The molecule has 2 aromatic rings. The average molecular weight is 337 g/mol. The number of fused-ring (bicyclic) bond motifs is 1. The van der Waals surface area contributed by atoms with Crippen LogP contribution in [0.4, 0.5) is 11.4 Å². The van der Waals surface area contributed by atoms with Crippen molar-refractivity contribution in [2.75, 3.05) is 18.4 Å². The second-order valence-electron chi connectivity index (χ2n) is 6.11. The SMILES string of the molecule is CCN(CC)Cc1cc(N=CC2C(=O)Nc3ccccc32)ccc1O. The van der Waals surface area contributed by atoms with E-state index in [9.17, 15) is 9.90 Å². The van der Waals surface area contributed by atoms with Gasteiger partial charge in [-0.15, -0.1) is 0 Å². The fourth-order valence-electron chi connectivity index (χ4n) is 3.01. The van der Waals surface area contributed by atoms with Crippen molar-refractivity contribution in [3.8, 4) is 5.75 Å². The molecule has 3 rings (SSSR count). The Morgan fingerprint density at radius 1 is 1.20 bits per heavy atom. The topological polar surface area (TPSA) is 64.9 Å². The highest BCUT2D eigenvalue weighted by atomic mass is 16.3. The molecule has 25 heavy (non-hydrogen) atoms. The maximum Gasteiger partial charge on any atom is 0.237 e. The van der Waals surface area contributed by atoms with Crippen LogP contribution in [-0.2, 0) is 11.3 Å². The van der Waals surface area contributed by atoms with Crippen molar-refractivity contribution >= 4 is 23.5 Å². The van der Waals surface area contributed by atoms with E-state index in [0.29, 0.717) is 6.54 Å². The van der Waals surface area contributed by atoms with Crippen LogP contribution in [0.1, 0.15) is 30.9 Å². The van der Waals surface area contributed by atoms with E-state index >= 15 is 0 Å². The summed E-state index contributed by atoms with van der Waals surface area (Å²) in [5.74, 6) is -0.168. The second-order valence-corrected chi connectivity index (χ2v) is 6.11. The monoisotopic (exact) mass is 337 g/mol. The van der Waals surface area contributed by atoms with Gasteiger partial charge in [-0.1, -0.05) is 32.0 Å². The predicted molar refractivity (Wildman–Crippen MR) is 101 cm³/mol. The number of phenols is 1. The highest BCUT2D eigenvalue weighted by Gasteiger charge is 2.28. The van der Waals surface area contributed by atoms with Gasteiger partial charge in [0.15, 0.2) is 0 Å². The first-order chi connectivity index (χ1) is 12.1. The molecule has 2 N–H and O–H groups in total. The first-order valence-corrected chi connectivity index (χ1v) is 8.60. The third kappa shape index (κ3) is 3.72. The summed E-state index contributed by atoms with van der Waals surface area (Å²) in [6.45, 7) is 6.71. The largest absolute Gasteiger partial charge is 0.508 e. The van der Waals surface area contributed by atoms with Crippen molar-refractivity contribution in [2.45, 2.75) is 26.3 Å². The number of hydrogen-bond donors (Lipinski definition) is 2. The number of phenolic OH excluding ortho intramolecular Hbond substituents is 1. The van der Waals surface area contributed by atoms with Crippen LogP contribution in [0.25, 0.3) is 0 Å². The lowest BCUT2D eigenvalue weighted by Gasteiger charge is -2.18.